The van der Waals surface area contributed by atoms with E-state index in [0.29, 0.717) is 25.4 Å². The normalized spacial score (nSPS) is 17.6. The third kappa shape index (κ3) is 4.91. The second-order valence-corrected chi connectivity index (χ2v) is 7.03. The first-order valence-corrected chi connectivity index (χ1v) is 9.86. The zero-order chi connectivity index (χ0) is 19.9. The Morgan fingerprint density at radius 1 is 1.07 bits per heavy atom. The van der Waals surface area contributed by atoms with Crippen LogP contribution in [0, 0.1) is 5.92 Å². The first-order valence-electron chi connectivity index (χ1n) is 9.86. The van der Waals surface area contributed by atoms with Crippen LogP contribution in [-0.2, 0) is 14.3 Å². The Hall–Kier alpha value is -2.82. The average molecular weight is 381 g/mol. The van der Waals surface area contributed by atoms with Gasteiger partial charge >= 0.3 is 5.97 Å². The number of carbonyl (C=O) groups excluding carboxylic acids is 2. The quantitative estimate of drug-likeness (QED) is 0.712. The molecule has 5 heteroatoms. The van der Waals surface area contributed by atoms with E-state index in [1.165, 1.54) is 0 Å². The van der Waals surface area contributed by atoms with Crippen LogP contribution in [-0.4, -0.2) is 42.6 Å². The van der Waals surface area contributed by atoms with E-state index in [4.69, 9.17) is 9.47 Å². The van der Waals surface area contributed by atoms with Gasteiger partial charge in [-0.1, -0.05) is 42.5 Å². The van der Waals surface area contributed by atoms with Crippen molar-refractivity contribution in [2.75, 3.05) is 19.7 Å². The second-order valence-electron chi connectivity index (χ2n) is 7.03. The van der Waals surface area contributed by atoms with Gasteiger partial charge in [0.2, 0.25) is 0 Å². The fourth-order valence-electron chi connectivity index (χ4n) is 3.50. The zero-order valence-electron chi connectivity index (χ0n) is 16.5. The molecule has 0 N–H and O–H groups in total. The lowest BCUT2D eigenvalue weighted by Crippen LogP contribution is -2.47. The topological polar surface area (TPSA) is 55.8 Å². The number of esters is 1. The lowest BCUT2D eigenvalue weighted by atomic mass is 9.98. The summed E-state index contributed by atoms with van der Waals surface area (Å²) in [6.45, 7) is 4.96. The van der Waals surface area contributed by atoms with Gasteiger partial charge in [0.25, 0.3) is 5.91 Å². The summed E-state index contributed by atoms with van der Waals surface area (Å²) >= 11 is 0. The van der Waals surface area contributed by atoms with Crippen LogP contribution in [0.2, 0.25) is 0 Å². The van der Waals surface area contributed by atoms with Gasteiger partial charge in [0, 0.05) is 13.1 Å². The molecule has 0 spiro atoms. The molecule has 1 amide bonds. The summed E-state index contributed by atoms with van der Waals surface area (Å²) in [4.78, 5) is 26.5. The van der Waals surface area contributed by atoms with E-state index in [1.807, 2.05) is 42.5 Å². The number of hydrogen-bond donors (Lipinski definition) is 0. The monoisotopic (exact) mass is 381 g/mol. The van der Waals surface area contributed by atoms with E-state index < -0.39 is 6.10 Å². The van der Waals surface area contributed by atoms with Crippen molar-refractivity contribution in [3.63, 3.8) is 0 Å². The number of nitrogens with zero attached hydrogens (tertiary/aromatic N) is 1. The number of benzene rings is 2. The SMILES string of the molecule is CCOC(=O)C1CCCN(C(=O)C(C)Oc2ccc(-c3ccccc3)cc2)C1. The molecule has 1 aliphatic heterocycles. The van der Waals surface area contributed by atoms with Gasteiger partial charge in [-0.15, -0.1) is 0 Å². The summed E-state index contributed by atoms with van der Waals surface area (Å²) in [6, 6.07) is 17.8. The maximum Gasteiger partial charge on any atom is 0.310 e. The molecule has 2 atom stereocenters. The zero-order valence-corrected chi connectivity index (χ0v) is 16.5. The minimum atomic E-state index is -0.608. The second kappa shape index (κ2) is 9.40. The molecule has 148 valence electrons. The van der Waals surface area contributed by atoms with Crippen molar-refractivity contribution in [3.05, 3.63) is 54.6 Å². The summed E-state index contributed by atoms with van der Waals surface area (Å²) < 4.78 is 11.0. The van der Waals surface area contributed by atoms with Crippen LogP contribution in [0.5, 0.6) is 5.75 Å². The Bertz CT molecular complexity index is 788. The minimum absolute atomic E-state index is 0.0962. The number of likely N-dealkylation sites (tertiary alicyclic amines) is 1. The van der Waals surface area contributed by atoms with Gasteiger partial charge in [0.1, 0.15) is 5.75 Å². The minimum Gasteiger partial charge on any atom is -0.481 e. The van der Waals surface area contributed by atoms with Crippen LogP contribution in [0.15, 0.2) is 54.6 Å². The third-order valence-electron chi connectivity index (χ3n) is 4.98. The molecule has 0 aromatic heterocycles. The maximum absolute atomic E-state index is 12.8. The standard InChI is InChI=1S/C23H27NO4/c1-3-27-23(26)20-10-7-15-24(16-20)22(25)17(2)28-21-13-11-19(12-14-21)18-8-5-4-6-9-18/h4-6,8-9,11-14,17,20H,3,7,10,15-16H2,1-2H3. The molecule has 1 heterocycles. The number of piperidine rings is 1. The molecular formula is C23H27NO4. The highest BCUT2D eigenvalue weighted by atomic mass is 16.5. The van der Waals surface area contributed by atoms with Crippen LogP contribution in [0.3, 0.4) is 0 Å². The van der Waals surface area contributed by atoms with Crippen LogP contribution < -0.4 is 4.74 Å². The molecule has 0 aliphatic carbocycles. The summed E-state index contributed by atoms with van der Waals surface area (Å²) in [5.74, 6) is 0.0979. The molecule has 1 saturated heterocycles. The number of hydrogen-bond acceptors (Lipinski definition) is 4. The van der Waals surface area contributed by atoms with Crippen molar-refractivity contribution in [2.24, 2.45) is 5.92 Å². The lowest BCUT2D eigenvalue weighted by molar-refractivity contribution is -0.152. The summed E-state index contributed by atoms with van der Waals surface area (Å²) in [6.07, 6.45) is 0.954. The van der Waals surface area contributed by atoms with E-state index >= 15 is 0 Å². The molecule has 5 nitrogen and oxygen atoms in total. The summed E-state index contributed by atoms with van der Waals surface area (Å²) in [5.41, 5.74) is 2.23. The van der Waals surface area contributed by atoms with Crippen molar-refractivity contribution in [1.82, 2.24) is 4.90 Å². The van der Waals surface area contributed by atoms with Gasteiger partial charge in [-0.2, -0.15) is 0 Å². The first kappa shape index (κ1) is 19.9. The Balaban J connectivity index is 1.58. The average Bonchev–Trinajstić information content (AvgIpc) is 2.74. The highest BCUT2D eigenvalue weighted by Gasteiger charge is 2.31. The maximum atomic E-state index is 12.8. The summed E-state index contributed by atoms with van der Waals surface area (Å²) in [5, 5.41) is 0. The fourth-order valence-corrected chi connectivity index (χ4v) is 3.50. The van der Waals surface area contributed by atoms with E-state index in [-0.39, 0.29) is 17.8 Å². The molecule has 3 rings (SSSR count). The van der Waals surface area contributed by atoms with Gasteiger partial charge in [-0.05, 0) is 49.9 Å². The van der Waals surface area contributed by atoms with Gasteiger partial charge in [-0.25, -0.2) is 0 Å². The van der Waals surface area contributed by atoms with Crippen molar-refractivity contribution >= 4 is 11.9 Å². The molecule has 28 heavy (non-hydrogen) atoms. The number of amides is 1. The Morgan fingerprint density at radius 2 is 1.75 bits per heavy atom. The number of rotatable bonds is 6. The van der Waals surface area contributed by atoms with E-state index in [0.717, 1.165) is 24.0 Å². The molecular weight excluding hydrogens is 354 g/mol. The van der Waals surface area contributed by atoms with Gasteiger partial charge in [0.15, 0.2) is 6.10 Å². The van der Waals surface area contributed by atoms with Crippen molar-refractivity contribution < 1.29 is 19.1 Å². The van der Waals surface area contributed by atoms with E-state index in [1.54, 1.807) is 18.7 Å². The lowest BCUT2D eigenvalue weighted by Gasteiger charge is -2.33. The van der Waals surface area contributed by atoms with E-state index in [2.05, 4.69) is 12.1 Å². The molecule has 0 radical (unpaired) electrons. The highest BCUT2D eigenvalue weighted by molar-refractivity contribution is 5.82. The van der Waals surface area contributed by atoms with Crippen LogP contribution in [0.4, 0.5) is 0 Å². The van der Waals surface area contributed by atoms with Crippen molar-refractivity contribution in [2.45, 2.75) is 32.8 Å². The number of carbonyl (C=O) groups is 2. The van der Waals surface area contributed by atoms with Gasteiger partial charge in [0.05, 0.1) is 12.5 Å². The Morgan fingerprint density at radius 3 is 2.43 bits per heavy atom. The van der Waals surface area contributed by atoms with Crippen molar-refractivity contribution in [1.29, 1.82) is 0 Å². The van der Waals surface area contributed by atoms with Crippen LogP contribution in [0.1, 0.15) is 26.7 Å². The fraction of sp³-hybridized carbons (Fsp3) is 0.391. The largest absolute Gasteiger partial charge is 0.481 e. The summed E-state index contributed by atoms with van der Waals surface area (Å²) in [7, 11) is 0. The smallest absolute Gasteiger partial charge is 0.310 e. The third-order valence-corrected chi connectivity index (χ3v) is 4.98. The van der Waals surface area contributed by atoms with Gasteiger partial charge in [-0.3, -0.25) is 9.59 Å². The molecule has 0 bridgehead atoms. The molecule has 2 aromatic rings. The molecule has 2 unspecified atom stereocenters. The molecule has 0 saturated carbocycles. The Kier molecular flexibility index (Phi) is 6.69. The first-order chi connectivity index (χ1) is 13.6. The molecule has 1 aliphatic rings. The number of ether oxygens (including phenoxy) is 2. The van der Waals surface area contributed by atoms with E-state index in [9.17, 15) is 9.59 Å². The van der Waals surface area contributed by atoms with Crippen LogP contribution in [0.25, 0.3) is 11.1 Å². The van der Waals surface area contributed by atoms with Crippen LogP contribution >= 0.6 is 0 Å². The Labute approximate surface area is 166 Å². The van der Waals surface area contributed by atoms with Crippen molar-refractivity contribution in [3.8, 4) is 16.9 Å². The molecule has 1 fully saturated rings. The molecule has 2 aromatic carbocycles. The predicted molar refractivity (Wildman–Crippen MR) is 108 cm³/mol. The van der Waals surface area contributed by atoms with Gasteiger partial charge < -0.3 is 14.4 Å². The predicted octanol–water partition coefficient (Wildman–Crippen LogP) is 3.92. The highest BCUT2D eigenvalue weighted by Crippen LogP contribution is 2.24.